The van der Waals surface area contributed by atoms with Crippen molar-refractivity contribution in [2.75, 3.05) is 13.1 Å². The van der Waals surface area contributed by atoms with Crippen molar-refractivity contribution >= 4 is 29.1 Å². The van der Waals surface area contributed by atoms with Crippen LogP contribution in [0.15, 0.2) is 36.7 Å². The number of benzene rings is 1. The molecule has 4 rings (SSSR count). The molecule has 140 valence electrons. The molecule has 3 heterocycles. The van der Waals surface area contributed by atoms with Crippen LogP contribution in [0.4, 0.5) is 0 Å². The topological polar surface area (TPSA) is 79.9 Å². The van der Waals surface area contributed by atoms with Crippen LogP contribution in [-0.2, 0) is 9.53 Å². The number of carbonyl (C=O) groups is 1. The average Bonchev–Trinajstić information content (AvgIpc) is 3.13. The number of nitrogens with one attached hydrogen (secondary N) is 2. The predicted molar refractivity (Wildman–Crippen MR) is 104 cm³/mol. The number of hydrogen-bond donors (Lipinski definition) is 2. The summed E-state index contributed by atoms with van der Waals surface area (Å²) >= 11 is 6.44. The van der Waals surface area contributed by atoms with Gasteiger partial charge in [0.15, 0.2) is 0 Å². The number of fused-ring (bicyclic) bond motifs is 1. The van der Waals surface area contributed by atoms with E-state index in [1.807, 2.05) is 24.3 Å². The Labute approximate surface area is 162 Å². The van der Waals surface area contributed by atoms with Crippen LogP contribution >= 0.6 is 11.6 Å². The van der Waals surface area contributed by atoms with Gasteiger partial charge in [0.1, 0.15) is 11.9 Å². The second kappa shape index (κ2) is 8.06. The second-order valence-corrected chi connectivity index (χ2v) is 7.27. The van der Waals surface area contributed by atoms with Crippen LogP contribution in [0.25, 0.3) is 22.4 Å². The molecule has 0 spiro atoms. The Morgan fingerprint density at radius 2 is 2.15 bits per heavy atom. The summed E-state index contributed by atoms with van der Waals surface area (Å²) in [6, 6.07) is 7.57. The lowest BCUT2D eigenvalue weighted by atomic mass is 9.89. The van der Waals surface area contributed by atoms with E-state index in [9.17, 15) is 4.79 Å². The zero-order chi connectivity index (χ0) is 18.6. The van der Waals surface area contributed by atoms with Gasteiger partial charge in [0.25, 0.3) is 6.47 Å². The molecule has 1 atom stereocenters. The van der Waals surface area contributed by atoms with Crippen LogP contribution in [0.2, 0.25) is 5.02 Å². The quantitative estimate of drug-likeness (QED) is 0.630. The minimum Gasteiger partial charge on any atom is -0.460 e. The Morgan fingerprint density at radius 3 is 2.93 bits per heavy atom. The number of hydrogen-bond acceptors (Lipinski definition) is 5. The normalized spacial score (nSPS) is 16.3. The molecule has 2 aromatic heterocycles. The van der Waals surface area contributed by atoms with Crippen molar-refractivity contribution < 1.29 is 9.53 Å². The van der Waals surface area contributed by atoms with Gasteiger partial charge >= 0.3 is 0 Å². The molecule has 0 amide bonds. The minimum atomic E-state index is -0.285. The van der Waals surface area contributed by atoms with Crippen LogP contribution in [-0.4, -0.2) is 34.5 Å². The molecular weight excluding hydrogens is 364 g/mol. The molecule has 6 nitrogen and oxygen atoms in total. The number of aromatic nitrogens is 3. The van der Waals surface area contributed by atoms with Crippen LogP contribution in [0.5, 0.6) is 0 Å². The van der Waals surface area contributed by atoms with Gasteiger partial charge < -0.3 is 15.0 Å². The summed E-state index contributed by atoms with van der Waals surface area (Å²) in [4.78, 5) is 23.1. The van der Waals surface area contributed by atoms with E-state index in [0.29, 0.717) is 23.2 Å². The lowest BCUT2D eigenvalue weighted by Gasteiger charge is -2.26. The number of nitrogens with zero attached hydrogens (tertiary/aromatic N) is 2. The second-order valence-electron chi connectivity index (χ2n) is 6.87. The van der Waals surface area contributed by atoms with E-state index in [1.54, 1.807) is 12.4 Å². The fourth-order valence-electron chi connectivity index (χ4n) is 3.67. The summed E-state index contributed by atoms with van der Waals surface area (Å²) in [6.45, 7) is 2.56. The molecular formula is C20H21ClN4O2. The van der Waals surface area contributed by atoms with Crippen molar-refractivity contribution in [3.63, 3.8) is 0 Å². The number of halogens is 1. The summed E-state index contributed by atoms with van der Waals surface area (Å²) in [7, 11) is 0. The highest BCUT2D eigenvalue weighted by atomic mass is 35.5. The maximum absolute atomic E-state index is 11.1. The van der Waals surface area contributed by atoms with Gasteiger partial charge in [-0.2, -0.15) is 0 Å². The van der Waals surface area contributed by atoms with Crippen LogP contribution in [0.3, 0.4) is 0 Å². The van der Waals surface area contributed by atoms with Gasteiger partial charge in [-0.25, -0.2) is 4.98 Å². The first kappa shape index (κ1) is 17.9. The van der Waals surface area contributed by atoms with Crippen molar-refractivity contribution in [2.45, 2.75) is 25.4 Å². The van der Waals surface area contributed by atoms with E-state index in [-0.39, 0.29) is 6.10 Å². The van der Waals surface area contributed by atoms with Crippen molar-refractivity contribution in [3.8, 4) is 11.4 Å². The van der Waals surface area contributed by atoms with Crippen molar-refractivity contribution in [1.82, 2.24) is 20.3 Å². The molecule has 27 heavy (non-hydrogen) atoms. The highest BCUT2D eigenvalue weighted by molar-refractivity contribution is 6.33. The fraction of sp³-hybridized carbons (Fsp3) is 0.350. The molecule has 2 N–H and O–H groups in total. The van der Waals surface area contributed by atoms with E-state index < -0.39 is 0 Å². The number of aromatic amines is 1. The van der Waals surface area contributed by atoms with Crippen molar-refractivity contribution in [3.05, 3.63) is 47.2 Å². The molecule has 1 saturated heterocycles. The van der Waals surface area contributed by atoms with E-state index in [0.717, 1.165) is 54.5 Å². The molecule has 0 bridgehead atoms. The zero-order valence-electron chi connectivity index (χ0n) is 14.8. The van der Waals surface area contributed by atoms with Crippen LogP contribution < -0.4 is 5.32 Å². The van der Waals surface area contributed by atoms with Gasteiger partial charge in [-0.05, 0) is 62.0 Å². The lowest BCUT2D eigenvalue weighted by Crippen LogP contribution is -2.28. The first-order chi connectivity index (χ1) is 13.2. The molecule has 0 saturated carbocycles. The van der Waals surface area contributed by atoms with Gasteiger partial charge in [0.2, 0.25) is 0 Å². The molecule has 1 unspecified atom stereocenters. The predicted octanol–water partition coefficient (Wildman–Crippen LogP) is 3.88. The Hall–Kier alpha value is -2.44. The molecule has 3 aromatic rings. The summed E-state index contributed by atoms with van der Waals surface area (Å²) in [6.07, 6.45) is 6.15. The number of piperidine rings is 1. The van der Waals surface area contributed by atoms with Crippen molar-refractivity contribution in [1.29, 1.82) is 0 Å². The first-order valence-electron chi connectivity index (χ1n) is 9.14. The van der Waals surface area contributed by atoms with Gasteiger partial charge in [0.05, 0.1) is 22.3 Å². The standard InChI is InChI=1S/C20H21ClN4O2/c21-16-2-1-14(19(27-12-26)9-13-3-6-22-7-4-13)10-15(16)20-24-17-5-8-23-11-18(17)25-20/h1-2,5,8,10-13,19,22H,3-4,6-7,9H2,(H,24,25). The van der Waals surface area contributed by atoms with E-state index in [1.165, 1.54) is 0 Å². The first-order valence-corrected chi connectivity index (χ1v) is 9.52. The number of rotatable bonds is 6. The molecule has 1 aliphatic rings. The zero-order valence-corrected chi connectivity index (χ0v) is 15.6. The van der Waals surface area contributed by atoms with Gasteiger partial charge in [-0.3, -0.25) is 9.78 Å². The Bertz CT molecular complexity index is 904. The number of H-pyrrole nitrogens is 1. The Balaban J connectivity index is 1.65. The molecule has 7 heteroatoms. The van der Waals surface area contributed by atoms with Crippen molar-refractivity contribution in [2.24, 2.45) is 5.92 Å². The third-order valence-electron chi connectivity index (χ3n) is 5.13. The largest absolute Gasteiger partial charge is 0.460 e. The van der Waals surface area contributed by atoms with Crippen LogP contribution in [0, 0.1) is 5.92 Å². The van der Waals surface area contributed by atoms with E-state index in [4.69, 9.17) is 16.3 Å². The molecule has 1 fully saturated rings. The SMILES string of the molecule is O=COC(CC1CCNCC1)c1ccc(Cl)c(-c2nc3ccncc3[nH]2)c1. The summed E-state index contributed by atoms with van der Waals surface area (Å²) < 4.78 is 5.44. The van der Waals surface area contributed by atoms with E-state index >= 15 is 0 Å². The summed E-state index contributed by atoms with van der Waals surface area (Å²) in [5, 5.41) is 3.96. The molecule has 0 radical (unpaired) electrons. The number of ether oxygens (including phenoxy) is 1. The molecule has 0 aliphatic carbocycles. The molecule has 1 aliphatic heterocycles. The monoisotopic (exact) mass is 384 g/mol. The smallest absolute Gasteiger partial charge is 0.293 e. The molecule has 1 aromatic carbocycles. The summed E-state index contributed by atoms with van der Waals surface area (Å²) in [5.74, 6) is 1.21. The van der Waals surface area contributed by atoms with E-state index in [2.05, 4.69) is 20.3 Å². The minimum absolute atomic E-state index is 0.285. The maximum atomic E-state index is 11.1. The summed E-state index contributed by atoms with van der Waals surface area (Å²) in [5.41, 5.74) is 3.40. The van der Waals surface area contributed by atoms with Gasteiger partial charge in [-0.1, -0.05) is 17.7 Å². The maximum Gasteiger partial charge on any atom is 0.293 e. The van der Waals surface area contributed by atoms with Gasteiger partial charge in [0, 0.05) is 11.8 Å². The number of carbonyl (C=O) groups excluding carboxylic acids is 1. The van der Waals surface area contributed by atoms with Gasteiger partial charge in [-0.15, -0.1) is 0 Å². The number of imidazole rings is 1. The Morgan fingerprint density at radius 1 is 1.30 bits per heavy atom. The third kappa shape index (κ3) is 3.96. The lowest BCUT2D eigenvalue weighted by molar-refractivity contribution is -0.134. The highest BCUT2D eigenvalue weighted by Gasteiger charge is 2.22. The average molecular weight is 385 g/mol. The Kier molecular flexibility index (Phi) is 5.36. The van der Waals surface area contributed by atoms with Crippen LogP contribution in [0.1, 0.15) is 30.9 Å². The third-order valence-corrected chi connectivity index (χ3v) is 5.46. The number of pyridine rings is 1. The fourth-order valence-corrected chi connectivity index (χ4v) is 3.87. The highest BCUT2D eigenvalue weighted by Crippen LogP contribution is 2.34.